The Balaban J connectivity index is 2.96. The molecule has 0 aliphatic heterocycles. The summed E-state index contributed by atoms with van der Waals surface area (Å²) >= 11 is 0. The van der Waals surface area contributed by atoms with Crippen molar-refractivity contribution in [2.45, 2.75) is 50.3 Å². The van der Waals surface area contributed by atoms with Gasteiger partial charge in [0.05, 0.1) is 20.6 Å². The van der Waals surface area contributed by atoms with Crippen LogP contribution >= 0.6 is 0 Å². The summed E-state index contributed by atoms with van der Waals surface area (Å²) in [6.07, 6.45) is 8.76. The van der Waals surface area contributed by atoms with Gasteiger partial charge in [0.1, 0.15) is 0 Å². The van der Waals surface area contributed by atoms with Crippen LogP contribution in [-0.2, 0) is 10.1 Å². The van der Waals surface area contributed by atoms with Gasteiger partial charge in [0, 0.05) is 5.56 Å². The Labute approximate surface area is 141 Å². The number of hydrogen-bond donors (Lipinski definition) is 1. The monoisotopic (exact) mass is 340 g/mol. The molecule has 23 heavy (non-hydrogen) atoms. The first-order valence-corrected chi connectivity index (χ1v) is 9.74. The second kappa shape index (κ2) is 8.62. The second-order valence-electron chi connectivity index (χ2n) is 6.55. The van der Waals surface area contributed by atoms with Gasteiger partial charge in [0.2, 0.25) is 0 Å². The van der Waals surface area contributed by atoms with E-state index in [1.54, 1.807) is 12.1 Å². The molecule has 0 aromatic heterocycles. The minimum atomic E-state index is -4.26. The van der Waals surface area contributed by atoms with Crippen LogP contribution in [0.2, 0.25) is 0 Å². The number of nitrogens with zero attached hydrogens (tertiary/aromatic N) is 1. The van der Waals surface area contributed by atoms with Crippen LogP contribution < -0.4 is 4.48 Å². The van der Waals surface area contributed by atoms with E-state index < -0.39 is 10.1 Å². The van der Waals surface area contributed by atoms with E-state index >= 15 is 0 Å². The topological polar surface area (TPSA) is 54.4 Å². The smallest absolute Gasteiger partial charge is 0.294 e. The fourth-order valence-electron chi connectivity index (χ4n) is 2.96. The molecule has 5 heteroatoms. The lowest BCUT2D eigenvalue weighted by atomic mass is 10.1. The SMILES string of the molecule is C=Cc1cccc(S(=O)(=O)O)c1[N+](C)(C)CCCCCCCC. The van der Waals surface area contributed by atoms with Crippen LogP contribution in [0.15, 0.2) is 29.7 Å². The lowest BCUT2D eigenvalue weighted by Crippen LogP contribution is -2.43. The molecular formula is C18H30NO3S+. The predicted octanol–water partition coefficient (Wildman–Crippen LogP) is 4.50. The summed E-state index contributed by atoms with van der Waals surface area (Å²) in [5, 5.41) is 0. The van der Waals surface area contributed by atoms with E-state index in [0.717, 1.165) is 24.9 Å². The predicted molar refractivity (Wildman–Crippen MR) is 98.2 cm³/mol. The summed E-state index contributed by atoms with van der Waals surface area (Å²) in [4.78, 5) is -0.0223. The van der Waals surface area contributed by atoms with Gasteiger partial charge in [-0.15, -0.1) is 0 Å². The van der Waals surface area contributed by atoms with Gasteiger partial charge in [0.25, 0.3) is 10.1 Å². The zero-order valence-corrected chi connectivity index (χ0v) is 15.4. The molecule has 1 aromatic carbocycles. The molecule has 0 bridgehead atoms. The molecule has 130 valence electrons. The van der Waals surface area contributed by atoms with Crippen molar-refractivity contribution in [1.82, 2.24) is 4.48 Å². The number of unbranched alkanes of at least 4 members (excludes halogenated alkanes) is 5. The Kier molecular flexibility index (Phi) is 7.45. The third-order valence-electron chi connectivity index (χ3n) is 4.20. The number of rotatable bonds is 10. The molecule has 0 atom stereocenters. The molecule has 1 N–H and O–H groups in total. The van der Waals surface area contributed by atoms with E-state index in [9.17, 15) is 13.0 Å². The summed E-state index contributed by atoms with van der Waals surface area (Å²) in [5.41, 5.74) is 1.36. The lowest BCUT2D eigenvalue weighted by Gasteiger charge is -2.32. The molecule has 0 unspecified atom stereocenters. The number of quaternary nitrogens is 1. The van der Waals surface area contributed by atoms with Crippen molar-refractivity contribution >= 4 is 21.9 Å². The van der Waals surface area contributed by atoms with Crippen molar-refractivity contribution < 1.29 is 13.0 Å². The number of para-hydroxylation sites is 1. The number of hydrogen-bond acceptors (Lipinski definition) is 2. The van der Waals surface area contributed by atoms with Gasteiger partial charge in [-0.25, -0.2) is 0 Å². The van der Waals surface area contributed by atoms with Gasteiger partial charge in [0.15, 0.2) is 10.6 Å². The van der Waals surface area contributed by atoms with Crippen LogP contribution in [0.5, 0.6) is 0 Å². The zero-order chi connectivity index (χ0) is 17.5. The van der Waals surface area contributed by atoms with E-state index in [-0.39, 0.29) is 4.90 Å². The van der Waals surface area contributed by atoms with Gasteiger partial charge in [-0.2, -0.15) is 8.42 Å². The molecule has 1 rings (SSSR count). The first-order chi connectivity index (χ1) is 10.7. The van der Waals surface area contributed by atoms with Gasteiger partial charge < -0.3 is 0 Å². The Hall–Kier alpha value is -1.17. The highest BCUT2D eigenvalue weighted by Crippen LogP contribution is 2.33. The van der Waals surface area contributed by atoms with Gasteiger partial charge in [-0.05, 0) is 25.0 Å². The van der Waals surface area contributed by atoms with Crippen LogP contribution in [0.1, 0.15) is 51.0 Å². The van der Waals surface area contributed by atoms with Crippen molar-refractivity contribution in [1.29, 1.82) is 0 Å². The summed E-state index contributed by atoms with van der Waals surface area (Å²) in [7, 11) is -0.305. The Morgan fingerprint density at radius 2 is 1.74 bits per heavy atom. The maximum absolute atomic E-state index is 11.7. The highest BCUT2D eigenvalue weighted by atomic mass is 32.2. The molecular weight excluding hydrogens is 310 g/mol. The van der Waals surface area contributed by atoms with Crippen molar-refractivity contribution in [2.24, 2.45) is 0 Å². The van der Waals surface area contributed by atoms with Gasteiger partial charge >= 0.3 is 0 Å². The third kappa shape index (κ3) is 5.75. The first kappa shape index (κ1) is 19.9. The molecule has 1 aromatic rings. The van der Waals surface area contributed by atoms with E-state index in [0.29, 0.717) is 10.2 Å². The van der Waals surface area contributed by atoms with Gasteiger partial charge in [-0.3, -0.25) is 9.04 Å². The second-order valence-corrected chi connectivity index (χ2v) is 7.94. The van der Waals surface area contributed by atoms with Crippen LogP contribution in [0, 0.1) is 0 Å². The highest BCUT2D eigenvalue weighted by molar-refractivity contribution is 7.86. The fraction of sp³-hybridized carbons (Fsp3) is 0.556. The molecule has 0 saturated heterocycles. The van der Waals surface area contributed by atoms with Crippen molar-refractivity contribution in [2.75, 3.05) is 20.6 Å². The van der Waals surface area contributed by atoms with Crippen LogP contribution in [0.4, 0.5) is 5.69 Å². The maximum Gasteiger partial charge on any atom is 0.300 e. The summed E-state index contributed by atoms with van der Waals surface area (Å²) < 4.78 is 33.4. The minimum Gasteiger partial charge on any atom is -0.294 e. The average molecular weight is 341 g/mol. The summed E-state index contributed by atoms with van der Waals surface area (Å²) in [6, 6.07) is 4.92. The Morgan fingerprint density at radius 3 is 2.30 bits per heavy atom. The third-order valence-corrected chi connectivity index (χ3v) is 5.09. The lowest BCUT2D eigenvalue weighted by molar-refractivity contribution is 0.372. The fourth-order valence-corrected chi connectivity index (χ4v) is 3.82. The molecule has 0 fully saturated rings. The Bertz CT molecular complexity index is 621. The molecule has 0 saturated carbocycles. The molecule has 0 heterocycles. The molecule has 0 aliphatic rings. The zero-order valence-electron chi connectivity index (χ0n) is 14.6. The Morgan fingerprint density at radius 1 is 1.13 bits per heavy atom. The maximum atomic E-state index is 11.7. The highest BCUT2D eigenvalue weighted by Gasteiger charge is 2.30. The van der Waals surface area contributed by atoms with E-state index in [2.05, 4.69) is 13.5 Å². The van der Waals surface area contributed by atoms with Crippen molar-refractivity contribution in [3.05, 3.63) is 30.3 Å². The standard InChI is InChI=1S/C18H29NO3S/c1-5-7-8-9-10-11-15-19(3,4)18-16(6-2)13-12-14-17(18)23(20,21)22/h6,12-14H,2,5,7-11,15H2,1,3-4H3/p+1. The van der Waals surface area contributed by atoms with Crippen molar-refractivity contribution in [3.63, 3.8) is 0 Å². The van der Waals surface area contributed by atoms with E-state index in [4.69, 9.17) is 0 Å². The molecule has 4 nitrogen and oxygen atoms in total. The summed E-state index contributed by atoms with van der Waals surface area (Å²) in [6.45, 7) is 6.79. The summed E-state index contributed by atoms with van der Waals surface area (Å²) in [5.74, 6) is 0. The number of benzene rings is 1. The van der Waals surface area contributed by atoms with Crippen molar-refractivity contribution in [3.8, 4) is 0 Å². The first-order valence-electron chi connectivity index (χ1n) is 8.30. The van der Waals surface area contributed by atoms with Crippen LogP contribution in [0.3, 0.4) is 0 Å². The van der Waals surface area contributed by atoms with Crippen LogP contribution in [-0.4, -0.2) is 33.6 Å². The largest absolute Gasteiger partial charge is 0.300 e. The average Bonchev–Trinajstić information content (AvgIpc) is 2.49. The molecule has 0 amide bonds. The normalized spacial score (nSPS) is 12.3. The van der Waals surface area contributed by atoms with E-state index in [1.165, 1.54) is 31.7 Å². The molecule has 0 aliphatic carbocycles. The molecule has 0 radical (unpaired) electrons. The van der Waals surface area contributed by atoms with Crippen LogP contribution in [0.25, 0.3) is 6.08 Å². The minimum absolute atomic E-state index is 0.0223. The van der Waals surface area contributed by atoms with Gasteiger partial charge in [-0.1, -0.05) is 51.3 Å². The quantitative estimate of drug-likeness (QED) is 0.387. The molecule has 0 spiro atoms. The van der Waals surface area contributed by atoms with E-state index in [1.807, 2.05) is 20.2 Å².